The fourth-order valence-electron chi connectivity index (χ4n) is 2.74. The molecule has 1 aliphatic heterocycles. The molecule has 3 aromatic rings. The van der Waals surface area contributed by atoms with E-state index in [4.69, 9.17) is 4.74 Å². The van der Waals surface area contributed by atoms with E-state index >= 15 is 0 Å². The molecule has 7 nitrogen and oxygen atoms in total. The van der Waals surface area contributed by atoms with Crippen LogP contribution in [-0.4, -0.2) is 50.7 Å². The topological polar surface area (TPSA) is 60.5 Å². The highest BCUT2D eigenvalue weighted by molar-refractivity contribution is 5.68. The average Bonchev–Trinajstić information content (AvgIpc) is 3.14. The van der Waals surface area contributed by atoms with Gasteiger partial charge in [-0.15, -0.1) is 0 Å². The van der Waals surface area contributed by atoms with Crippen LogP contribution in [-0.2, 0) is 4.74 Å². The van der Waals surface area contributed by atoms with Crippen LogP contribution in [0.3, 0.4) is 0 Å². The van der Waals surface area contributed by atoms with Crippen LogP contribution in [0.25, 0.3) is 5.52 Å². The Morgan fingerprint density at radius 1 is 1.19 bits per heavy atom. The largest absolute Gasteiger partial charge is 0.377 e. The Bertz CT molecular complexity index is 722. The monoisotopic (exact) mass is 284 g/mol. The lowest BCUT2D eigenvalue weighted by molar-refractivity contribution is 0.122. The molecule has 1 atom stereocenters. The molecule has 0 amide bonds. The Hall–Kier alpha value is -2.41. The number of nitrogens with zero attached hydrogens (tertiary/aromatic N) is 6. The Kier molecular flexibility index (Phi) is 3.04. The fraction of sp³-hybridized carbons (Fsp3) is 0.357. The van der Waals surface area contributed by atoms with Gasteiger partial charge in [-0.05, 0) is 18.2 Å². The maximum absolute atomic E-state index is 5.72. The molecule has 0 radical (unpaired) electrons. The van der Waals surface area contributed by atoms with E-state index in [-0.39, 0.29) is 6.04 Å². The van der Waals surface area contributed by atoms with E-state index in [2.05, 4.69) is 20.1 Å². The van der Waals surface area contributed by atoms with E-state index in [9.17, 15) is 0 Å². The summed E-state index contributed by atoms with van der Waals surface area (Å²) in [5.41, 5.74) is 1.01. The third-order valence-electron chi connectivity index (χ3n) is 3.76. The van der Waals surface area contributed by atoms with Crippen LogP contribution in [0.5, 0.6) is 0 Å². The summed E-state index contributed by atoms with van der Waals surface area (Å²) in [6.45, 7) is 2.99. The molecule has 0 spiro atoms. The van der Waals surface area contributed by atoms with Crippen LogP contribution < -0.4 is 4.90 Å². The molecule has 1 aliphatic rings. The van der Waals surface area contributed by atoms with Gasteiger partial charge in [-0.25, -0.2) is 9.50 Å². The third kappa shape index (κ3) is 2.25. The lowest BCUT2D eigenvalue weighted by Crippen LogP contribution is -2.32. The molecule has 4 rings (SSSR count). The zero-order valence-electron chi connectivity index (χ0n) is 11.5. The second-order valence-corrected chi connectivity index (χ2v) is 5.08. The van der Waals surface area contributed by atoms with E-state index in [1.807, 2.05) is 39.8 Å². The van der Waals surface area contributed by atoms with Gasteiger partial charge in [0.25, 0.3) is 0 Å². The smallest absolute Gasteiger partial charge is 0.156 e. The van der Waals surface area contributed by atoms with Gasteiger partial charge >= 0.3 is 0 Å². The highest BCUT2D eigenvalue weighted by Gasteiger charge is 2.22. The molecule has 0 aliphatic carbocycles. The normalized spacial score (nSPS) is 19.8. The van der Waals surface area contributed by atoms with Gasteiger partial charge in [0.2, 0.25) is 0 Å². The van der Waals surface area contributed by atoms with Crippen molar-refractivity contribution < 1.29 is 4.74 Å². The Morgan fingerprint density at radius 3 is 3.10 bits per heavy atom. The number of aromatic nitrogens is 5. The van der Waals surface area contributed by atoms with Gasteiger partial charge in [0.1, 0.15) is 11.8 Å². The lowest BCUT2D eigenvalue weighted by Gasteiger charge is -2.25. The van der Waals surface area contributed by atoms with Crippen molar-refractivity contribution in [3.8, 4) is 0 Å². The summed E-state index contributed by atoms with van der Waals surface area (Å²) in [4.78, 5) is 6.72. The highest BCUT2D eigenvalue weighted by atomic mass is 16.5. The molecule has 0 aromatic carbocycles. The third-order valence-corrected chi connectivity index (χ3v) is 3.76. The van der Waals surface area contributed by atoms with Crippen molar-refractivity contribution in [2.45, 2.75) is 6.04 Å². The van der Waals surface area contributed by atoms with Crippen molar-refractivity contribution in [2.75, 3.05) is 31.2 Å². The van der Waals surface area contributed by atoms with E-state index in [1.165, 1.54) is 0 Å². The average molecular weight is 284 g/mol. The zero-order valence-corrected chi connectivity index (χ0v) is 11.5. The Labute approximate surface area is 121 Å². The molecule has 1 saturated heterocycles. The SMILES string of the molecule is c1cnn(C2COCCN(c3ncnn4cccc34)C2)c1. The summed E-state index contributed by atoms with van der Waals surface area (Å²) >= 11 is 0. The summed E-state index contributed by atoms with van der Waals surface area (Å²) in [6.07, 6.45) is 7.30. The Balaban J connectivity index is 1.68. The second kappa shape index (κ2) is 5.17. The molecular formula is C14H16N6O. The van der Waals surface area contributed by atoms with E-state index in [0.29, 0.717) is 13.2 Å². The molecule has 21 heavy (non-hydrogen) atoms. The van der Waals surface area contributed by atoms with Gasteiger partial charge in [0, 0.05) is 31.7 Å². The minimum atomic E-state index is 0.187. The number of rotatable bonds is 2. The number of ether oxygens (including phenoxy) is 1. The molecule has 7 heteroatoms. The van der Waals surface area contributed by atoms with Gasteiger partial charge in [0.05, 0.1) is 19.3 Å². The second-order valence-electron chi connectivity index (χ2n) is 5.08. The molecule has 3 aromatic heterocycles. The van der Waals surface area contributed by atoms with Crippen LogP contribution in [0.15, 0.2) is 43.1 Å². The van der Waals surface area contributed by atoms with Gasteiger partial charge in [-0.2, -0.15) is 10.2 Å². The van der Waals surface area contributed by atoms with Crippen molar-refractivity contribution >= 4 is 11.3 Å². The fourth-order valence-corrected chi connectivity index (χ4v) is 2.74. The quantitative estimate of drug-likeness (QED) is 0.702. The van der Waals surface area contributed by atoms with Gasteiger partial charge in [0.15, 0.2) is 5.82 Å². The minimum Gasteiger partial charge on any atom is -0.377 e. The first-order valence-electron chi connectivity index (χ1n) is 7.02. The highest BCUT2D eigenvalue weighted by Crippen LogP contribution is 2.22. The molecular weight excluding hydrogens is 268 g/mol. The lowest BCUT2D eigenvalue weighted by atomic mass is 10.3. The number of hydrogen-bond donors (Lipinski definition) is 0. The molecule has 1 unspecified atom stereocenters. The summed E-state index contributed by atoms with van der Waals surface area (Å²) < 4.78 is 9.52. The van der Waals surface area contributed by atoms with Crippen LogP contribution in [0.2, 0.25) is 0 Å². The molecule has 0 saturated carbocycles. The number of anilines is 1. The van der Waals surface area contributed by atoms with E-state index in [1.54, 1.807) is 12.5 Å². The minimum absolute atomic E-state index is 0.187. The van der Waals surface area contributed by atoms with Crippen LogP contribution in [0.1, 0.15) is 6.04 Å². The van der Waals surface area contributed by atoms with Crippen molar-refractivity contribution in [3.05, 3.63) is 43.1 Å². The summed E-state index contributed by atoms with van der Waals surface area (Å²) in [5, 5.41) is 8.55. The van der Waals surface area contributed by atoms with Crippen LogP contribution in [0, 0.1) is 0 Å². The molecule has 0 bridgehead atoms. The molecule has 108 valence electrons. The summed E-state index contributed by atoms with van der Waals surface area (Å²) in [6, 6.07) is 6.13. The van der Waals surface area contributed by atoms with Gasteiger partial charge in [-0.3, -0.25) is 4.68 Å². The number of hydrogen-bond acceptors (Lipinski definition) is 5. The molecule has 0 N–H and O–H groups in total. The van der Waals surface area contributed by atoms with Crippen molar-refractivity contribution in [1.82, 2.24) is 24.4 Å². The van der Waals surface area contributed by atoms with E-state index < -0.39 is 0 Å². The summed E-state index contributed by atoms with van der Waals surface area (Å²) in [7, 11) is 0. The maximum Gasteiger partial charge on any atom is 0.156 e. The predicted octanol–water partition coefficient (Wildman–Crippen LogP) is 1.00. The van der Waals surface area contributed by atoms with Crippen molar-refractivity contribution in [2.24, 2.45) is 0 Å². The van der Waals surface area contributed by atoms with Crippen molar-refractivity contribution in [1.29, 1.82) is 0 Å². The van der Waals surface area contributed by atoms with Gasteiger partial charge < -0.3 is 9.64 Å². The number of fused-ring (bicyclic) bond motifs is 1. The first kappa shape index (κ1) is 12.3. The van der Waals surface area contributed by atoms with Crippen molar-refractivity contribution in [3.63, 3.8) is 0 Å². The first-order valence-corrected chi connectivity index (χ1v) is 7.02. The van der Waals surface area contributed by atoms with E-state index in [0.717, 1.165) is 24.4 Å². The van der Waals surface area contributed by atoms with Crippen LogP contribution in [0.4, 0.5) is 5.82 Å². The Morgan fingerprint density at radius 2 is 2.19 bits per heavy atom. The predicted molar refractivity (Wildman–Crippen MR) is 77.3 cm³/mol. The molecule has 4 heterocycles. The first-order chi connectivity index (χ1) is 10.4. The maximum atomic E-state index is 5.72. The molecule has 1 fully saturated rings. The zero-order chi connectivity index (χ0) is 14.1. The van der Waals surface area contributed by atoms with Crippen LogP contribution >= 0.6 is 0 Å². The standard InChI is InChI=1S/C14H16N6O/c1-3-13-14(15-11-17-20(13)5-1)18-7-8-21-10-12(9-18)19-6-2-4-16-19/h1-6,11-12H,7-10H2. The summed E-state index contributed by atoms with van der Waals surface area (Å²) in [5.74, 6) is 0.942. The van der Waals surface area contributed by atoms with Gasteiger partial charge in [-0.1, -0.05) is 0 Å².